The molecule has 1 nitrogen and oxygen atoms in total. The Morgan fingerprint density at radius 1 is 1.24 bits per heavy atom. The molecule has 0 aromatic heterocycles. The summed E-state index contributed by atoms with van der Waals surface area (Å²) in [5, 5.41) is -0.316. The van der Waals surface area contributed by atoms with Crippen LogP contribution in [0.4, 0.5) is 13.2 Å². The second kappa shape index (κ2) is 6.26. The predicted octanol–water partition coefficient (Wildman–Crippen LogP) is 4.24. The van der Waals surface area contributed by atoms with Gasteiger partial charge in [-0.15, -0.1) is 11.6 Å². The Hall–Kier alpha value is -0.740. The van der Waals surface area contributed by atoms with Crippen LogP contribution in [0.2, 0.25) is 0 Å². The summed E-state index contributed by atoms with van der Waals surface area (Å²) in [7, 11) is 0. The molecule has 1 aromatic carbocycles. The van der Waals surface area contributed by atoms with Crippen LogP contribution < -0.4 is 0 Å². The number of hydrogen-bond acceptors (Lipinski definition) is 1. The first-order valence-corrected chi connectivity index (χ1v) is 5.67. The van der Waals surface area contributed by atoms with Crippen LogP contribution in [0.5, 0.6) is 0 Å². The summed E-state index contributed by atoms with van der Waals surface area (Å²) in [5.74, 6) is 0. The lowest BCUT2D eigenvalue weighted by Crippen LogP contribution is -2.17. The lowest BCUT2D eigenvalue weighted by Gasteiger charge is -2.11. The van der Waals surface area contributed by atoms with E-state index in [2.05, 4.69) is 4.74 Å². The van der Waals surface area contributed by atoms with Gasteiger partial charge in [-0.05, 0) is 18.9 Å². The Bertz CT molecular complexity index is 335. The Balaban J connectivity index is 2.30. The molecule has 0 aliphatic heterocycles. The van der Waals surface area contributed by atoms with Crippen molar-refractivity contribution >= 4 is 11.6 Å². The monoisotopic (exact) mass is 266 g/mol. The number of ether oxygens (including phenoxy) is 1. The van der Waals surface area contributed by atoms with Gasteiger partial charge in [-0.25, -0.2) is 0 Å². The van der Waals surface area contributed by atoms with Gasteiger partial charge >= 0.3 is 6.18 Å². The molecule has 0 spiro atoms. The fourth-order valence-electron chi connectivity index (χ4n) is 1.32. The number of hydrogen-bond donors (Lipinski definition) is 0. The third-order valence-electron chi connectivity index (χ3n) is 2.22. The Labute approximate surface area is 104 Å². The fraction of sp³-hybridized carbons (Fsp3) is 0.500. The predicted molar refractivity (Wildman–Crippen MR) is 61.3 cm³/mol. The minimum atomic E-state index is -4.27. The average Bonchev–Trinajstić information content (AvgIpc) is 2.24. The zero-order valence-electron chi connectivity index (χ0n) is 9.43. The second-order valence-electron chi connectivity index (χ2n) is 3.83. The molecule has 0 N–H and O–H groups in total. The Kier molecular flexibility index (Phi) is 5.28. The van der Waals surface area contributed by atoms with Crippen LogP contribution in [-0.4, -0.2) is 19.4 Å². The molecule has 0 aliphatic rings. The minimum absolute atomic E-state index is 0.00154. The van der Waals surface area contributed by atoms with Crippen molar-refractivity contribution in [3.05, 3.63) is 35.4 Å². The van der Waals surface area contributed by atoms with Crippen LogP contribution in [0.25, 0.3) is 0 Å². The van der Waals surface area contributed by atoms with Crippen LogP contribution >= 0.6 is 11.6 Å². The van der Waals surface area contributed by atoms with Crippen LogP contribution in [0.1, 0.15) is 22.9 Å². The van der Waals surface area contributed by atoms with E-state index < -0.39 is 12.8 Å². The maximum absolute atomic E-state index is 11.8. The molecule has 0 saturated heterocycles. The van der Waals surface area contributed by atoms with Gasteiger partial charge in [0.1, 0.15) is 6.61 Å². The van der Waals surface area contributed by atoms with Gasteiger partial charge in [-0.2, -0.15) is 13.2 Å². The van der Waals surface area contributed by atoms with E-state index in [1.165, 1.54) is 0 Å². The lowest BCUT2D eigenvalue weighted by molar-refractivity contribution is -0.174. The Morgan fingerprint density at radius 2 is 1.82 bits per heavy atom. The van der Waals surface area contributed by atoms with Gasteiger partial charge in [0.15, 0.2) is 0 Å². The third kappa shape index (κ3) is 5.94. The summed E-state index contributed by atoms with van der Waals surface area (Å²) in [5.41, 5.74) is 2.01. The molecule has 1 aromatic rings. The number of benzene rings is 1. The molecule has 0 heterocycles. The molecular weight excluding hydrogens is 253 g/mol. The van der Waals surface area contributed by atoms with Crippen molar-refractivity contribution < 1.29 is 17.9 Å². The van der Waals surface area contributed by atoms with Crippen molar-refractivity contribution in [1.29, 1.82) is 0 Å². The number of aryl methyl sites for hydroxylation is 1. The molecule has 0 saturated carbocycles. The van der Waals surface area contributed by atoms with Crippen molar-refractivity contribution in [2.75, 3.05) is 13.2 Å². The highest BCUT2D eigenvalue weighted by Gasteiger charge is 2.27. The molecule has 1 rings (SSSR count). The highest BCUT2D eigenvalue weighted by molar-refractivity contribution is 6.20. The first-order valence-electron chi connectivity index (χ1n) is 5.23. The van der Waals surface area contributed by atoms with Gasteiger partial charge in [-0.3, -0.25) is 0 Å². The SMILES string of the molecule is Cc1ccc(C(Cl)CCOCC(F)(F)F)cc1. The molecule has 17 heavy (non-hydrogen) atoms. The normalized spacial score (nSPS) is 13.7. The lowest BCUT2D eigenvalue weighted by atomic mass is 10.1. The molecule has 0 amide bonds. The molecule has 0 bridgehead atoms. The quantitative estimate of drug-likeness (QED) is 0.572. The van der Waals surface area contributed by atoms with Crippen molar-refractivity contribution in [2.24, 2.45) is 0 Å². The average molecular weight is 267 g/mol. The van der Waals surface area contributed by atoms with Gasteiger partial charge < -0.3 is 4.74 Å². The highest BCUT2D eigenvalue weighted by atomic mass is 35.5. The third-order valence-corrected chi connectivity index (χ3v) is 2.69. The topological polar surface area (TPSA) is 9.23 Å². The van der Waals surface area contributed by atoms with E-state index in [0.29, 0.717) is 6.42 Å². The van der Waals surface area contributed by atoms with E-state index in [1.54, 1.807) is 0 Å². The first kappa shape index (κ1) is 14.3. The number of halogens is 4. The number of rotatable bonds is 5. The molecule has 0 radical (unpaired) electrons. The zero-order chi connectivity index (χ0) is 12.9. The molecule has 1 atom stereocenters. The highest BCUT2D eigenvalue weighted by Crippen LogP contribution is 2.24. The summed E-state index contributed by atoms with van der Waals surface area (Å²) in [6, 6.07) is 7.58. The summed E-state index contributed by atoms with van der Waals surface area (Å²) in [6.07, 6.45) is -3.91. The van der Waals surface area contributed by atoms with Crippen molar-refractivity contribution in [3.63, 3.8) is 0 Å². The maximum atomic E-state index is 11.8. The van der Waals surface area contributed by atoms with Gasteiger partial charge in [0.25, 0.3) is 0 Å². The van der Waals surface area contributed by atoms with Gasteiger partial charge in [0.05, 0.1) is 5.38 Å². The van der Waals surface area contributed by atoms with Crippen LogP contribution in [0, 0.1) is 6.92 Å². The summed E-state index contributed by atoms with van der Waals surface area (Å²) >= 11 is 6.05. The smallest absolute Gasteiger partial charge is 0.372 e. The van der Waals surface area contributed by atoms with E-state index in [4.69, 9.17) is 11.6 Å². The molecule has 0 fully saturated rings. The van der Waals surface area contributed by atoms with Crippen molar-refractivity contribution in [1.82, 2.24) is 0 Å². The van der Waals surface area contributed by atoms with E-state index in [-0.39, 0.29) is 12.0 Å². The summed E-state index contributed by atoms with van der Waals surface area (Å²) < 4.78 is 39.9. The zero-order valence-corrected chi connectivity index (χ0v) is 10.2. The summed E-state index contributed by atoms with van der Waals surface area (Å²) in [4.78, 5) is 0. The molecule has 5 heteroatoms. The molecule has 96 valence electrons. The second-order valence-corrected chi connectivity index (χ2v) is 4.36. The summed E-state index contributed by atoms with van der Waals surface area (Å²) in [6.45, 7) is 0.742. The van der Waals surface area contributed by atoms with Gasteiger partial charge in [0, 0.05) is 6.61 Å². The van der Waals surface area contributed by atoms with Gasteiger partial charge in [0.2, 0.25) is 0 Å². The van der Waals surface area contributed by atoms with E-state index in [1.807, 2.05) is 31.2 Å². The standard InChI is InChI=1S/C12H14ClF3O/c1-9-2-4-10(5-3-9)11(13)6-7-17-8-12(14,15)16/h2-5,11H,6-8H2,1H3. The largest absolute Gasteiger partial charge is 0.411 e. The Morgan fingerprint density at radius 3 is 2.35 bits per heavy atom. The molecule has 1 unspecified atom stereocenters. The van der Waals surface area contributed by atoms with Crippen LogP contribution in [-0.2, 0) is 4.74 Å². The number of alkyl halides is 4. The van der Waals surface area contributed by atoms with Crippen molar-refractivity contribution in [2.45, 2.75) is 24.9 Å². The van der Waals surface area contributed by atoms with E-state index in [0.717, 1.165) is 11.1 Å². The van der Waals surface area contributed by atoms with E-state index >= 15 is 0 Å². The first-order chi connectivity index (χ1) is 7.88. The van der Waals surface area contributed by atoms with Crippen LogP contribution in [0.3, 0.4) is 0 Å². The minimum Gasteiger partial charge on any atom is -0.372 e. The van der Waals surface area contributed by atoms with E-state index in [9.17, 15) is 13.2 Å². The van der Waals surface area contributed by atoms with Crippen LogP contribution in [0.15, 0.2) is 24.3 Å². The van der Waals surface area contributed by atoms with Gasteiger partial charge in [-0.1, -0.05) is 29.8 Å². The molecule has 0 aliphatic carbocycles. The maximum Gasteiger partial charge on any atom is 0.411 e. The molecular formula is C12H14ClF3O. The van der Waals surface area contributed by atoms with Crippen molar-refractivity contribution in [3.8, 4) is 0 Å². The fourth-order valence-corrected chi connectivity index (χ4v) is 1.55.